The predicted octanol–water partition coefficient (Wildman–Crippen LogP) is 5.14. The minimum atomic E-state index is -0.501. The smallest absolute Gasteiger partial charge is 0.271 e. The van der Waals surface area contributed by atoms with Crippen molar-refractivity contribution in [3.05, 3.63) is 87.5 Å². The first kappa shape index (κ1) is 22.6. The standard InChI is InChI=1S/C24H24N2O6/c1-4-31-21-12-10-17(13-18(21)15-32-23-8-6-5-7-22(23)30-3)24(27)25-20-14-19(26(28)29)11-9-16(20)2/h5-14H,4,15H2,1-3H3,(H,25,27). The summed E-state index contributed by atoms with van der Waals surface area (Å²) in [5, 5.41) is 13.8. The summed E-state index contributed by atoms with van der Waals surface area (Å²) in [4.78, 5) is 23.4. The van der Waals surface area contributed by atoms with Gasteiger partial charge in [0.15, 0.2) is 11.5 Å². The Balaban J connectivity index is 1.84. The number of nitrogens with one attached hydrogen (secondary N) is 1. The lowest BCUT2D eigenvalue weighted by molar-refractivity contribution is -0.384. The van der Waals surface area contributed by atoms with Crippen molar-refractivity contribution in [2.75, 3.05) is 19.0 Å². The largest absolute Gasteiger partial charge is 0.493 e. The number of aryl methyl sites for hydroxylation is 1. The first-order valence-corrected chi connectivity index (χ1v) is 10.0. The second-order valence-corrected chi connectivity index (χ2v) is 6.91. The van der Waals surface area contributed by atoms with Crippen molar-refractivity contribution in [3.8, 4) is 17.2 Å². The van der Waals surface area contributed by atoms with Gasteiger partial charge in [-0.25, -0.2) is 0 Å². The maximum absolute atomic E-state index is 12.9. The zero-order valence-electron chi connectivity index (χ0n) is 18.1. The summed E-state index contributed by atoms with van der Waals surface area (Å²) in [6.07, 6.45) is 0. The molecule has 0 aliphatic rings. The minimum Gasteiger partial charge on any atom is -0.493 e. The van der Waals surface area contributed by atoms with Gasteiger partial charge < -0.3 is 19.5 Å². The van der Waals surface area contributed by atoms with E-state index in [1.807, 2.05) is 19.1 Å². The molecule has 0 spiro atoms. The maximum atomic E-state index is 12.9. The maximum Gasteiger partial charge on any atom is 0.271 e. The Morgan fingerprint density at radius 2 is 1.75 bits per heavy atom. The van der Waals surface area contributed by atoms with Crippen LogP contribution in [0.3, 0.4) is 0 Å². The lowest BCUT2D eigenvalue weighted by Gasteiger charge is -2.15. The molecule has 0 saturated carbocycles. The summed E-state index contributed by atoms with van der Waals surface area (Å²) in [7, 11) is 1.56. The number of carbonyl (C=O) groups excluding carboxylic acids is 1. The Bertz CT molecular complexity index is 1130. The van der Waals surface area contributed by atoms with Crippen LogP contribution in [0, 0.1) is 17.0 Å². The van der Waals surface area contributed by atoms with Crippen LogP contribution in [-0.2, 0) is 6.61 Å². The number of benzene rings is 3. The van der Waals surface area contributed by atoms with Gasteiger partial charge in [0.1, 0.15) is 12.4 Å². The van der Waals surface area contributed by atoms with E-state index >= 15 is 0 Å². The summed E-state index contributed by atoms with van der Waals surface area (Å²) >= 11 is 0. The van der Waals surface area contributed by atoms with Crippen molar-refractivity contribution >= 4 is 17.3 Å². The number of hydrogen-bond acceptors (Lipinski definition) is 6. The van der Waals surface area contributed by atoms with E-state index in [4.69, 9.17) is 14.2 Å². The molecule has 0 atom stereocenters. The SMILES string of the molecule is CCOc1ccc(C(=O)Nc2cc([N+](=O)[O-])ccc2C)cc1COc1ccccc1OC. The Morgan fingerprint density at radius 1 is 1.00 bits per heavy atom. The average Bonchev–Trinajstić information content (AvgIpc) is 2.80. The van der Waals surface area contributed by atoms with E-state index in [-0.39, 0.29) is 12.3 Å². The van der Waals surface area contributed by atoms with Crippen LogP contribution in [0.4, 0.5) is 11.4 Å². The molecule has 166 valence electrons. The van der Waals surface area contributed by atoms with E-state index in [9.17, 15) is 14.9 Å². The molecule has 1 N–H and O–H groups in total. The fourth-order valence-electron chi connectivity index (χ4n) is 3.08. The molecule has 0 radical (unpaired) electrons. The van der Waals surface area contributed by atoms with Crippen LogP contribution in [-0.4, -0.2) is 24.5 Å². The van der Waals surface area contributed by atoms with Gasteiger partial charge in [-0.3, -0.25) is 14.9 Å². The van der Waals surface area contributed by atoms with Crippen LogP contribution >= 0.6 is 0 Å². The third-order valence-electron chi connectivity index (χ3n) is 4.75. The van der Waals surface area contributed by atoms with Crippen molar-refractivity contribution in [2.45, 2.75) is 20.5 Å². The molecule has 0 heterocycles. The third-order valence-corrected chi connectivity index (χ3v) is 4.75. The lowest BCUT2D eigenvalue weighted by atomic mass is 10.1. The Kier molecular flexibility index (Phi) is 7.28. The van der Waals surface area contributed by atoms with E-state index < -0.39 is 10.8 Å². The normalized spacial score (nSPS) is 10.3. The van der Waals surface area contributed by atoms with Gasteiger partial charge in [0.2, 0.25) is 0 Å². The summed E-state index contributed by atoms with van der Waals surface area (Å²) < 4.78 is 16.9. The summed E-state index contributed by atoms with van der Waals surface area (Å²) in [6.45, 7) is 4.26. The molecular weight excluding hydrogens is 412 g/mol. The summed E-state index contributed by atoms with van der Waals surface area (Å²) in [6, 6.07) is 16.6. The molecule has 8 nitrogen and oxygen atoms in total. The van der Waals surface area contributed by atoms with Crippen LogP contribution in [0.2, 0.25) is 0 Å². The van der Waals surface area contributed by atoms with Gasteiger partial charge in [0.25, 0.3) is 11.6 Å². The number of non-ortho nitro benzene ring substituents is 1. The van der Waals surface area contributed by atoms with Gasteiger partial charge in [-0.05, 0) is 49.7 Å². The van der Waals surface area contributed by atoms with Gasteiger partial charge in [-0.2, -0.15) is 0 Å². The molecule has 1 amide bonds. The number of nitrogens with zero attached hydrogens (tertiary/aromatic N) is 1. The van der Waals surface area contributed by atoms with Crippen LogP contribution in [0.15, 0.2) is 60.7 Å². The number of ether oxygens (including phenoxy) is 3. The zero-order chi connectivity index (χ0) is 23.1. The second-order valence-electron chi connectivity index (χ2n) is 6.91. The predicted molar refractivity (Wildman–Crippen MR) is 121 cm³/mol. The number of para-hydroxylation sites is 2. The summed E-state index contributed by atoms with van der Waals surface area (Å²) in [5.41, 5.74) is 2.06. The molecule has 3 aromatic carbocycles. The topological polar surface area (TPSA) is 99.9 Å². The monoisotopic (exact) mass is 436 g/mol. The van der Waals surface area contributed by atoms with Crippen molar-refractivity contribution < 1.29 is 23.9 Å². The van der Waals surface area contributed by atoms with Crippen LogP contribution in [0.5, 0.6) is 17.2 Å². The average molecular weight is 436 g/mol. The molecule has 8 heteroatoms. The molecule has 0 unspecified atom stereocenters. The van der Waals surface area contributed by atoms with Gasteiger partial charge in [-0.15, -0.1) is 0 Å². The van der Waals surface area contributed by atoms with Crippen molar-refractivity contribution in [2.24, 2.45) is 0 Å². The number of rotatable bonds is 9. The van der Waals surface area contributed by atoms with Gasteiger partial charge in [0.05, 0.1) is 24.3 Å². The fraction of sp³-hybridized carbons (Fsp3) is 0.208. The Morgan fingerprint density at radius 3 is 2.44 bits per heavy atom. The van der Waals surface area contributed by atoms with E-state index in [0.29, 0.717) is 40.7 Å². The quantitative estimate of drug-likeness (QED) is 0.368. The third kappa shape index (κ3) is 5.34. The molecule has 0 bridgehead atoms. The molecule has 0 aliphatic carbocycles. The Labute approximate surface area is 185 Å². The van der Waals surface area contributed by atoms with Gasteiger partial charge in [-0.1, -0.05) is 18.2 Å². The fourth-order valence-corrected chi connectivity index (χ4v) is 3.08. The number of nitro benzene ring substituents is 1. The highest BCUT2D eigenvalue weighted by atomic mass is 16.6. The number of methoxy groups -OCH3 is 1. The van der Waals surface area contributed by atoms with E-state index in [2.05, 4.69) is 5.32 Å². The second kappa shape index (κ2) is 10.3. The highest BCUT2D eigenvalue weighted by Gasteiger charge is 2.15. The lowest BCUT2D eigenvalue weighted by Crippen LogP contribution is -2.14. The highest BCUT2D eigenvalue weighted by molar-refractivity contribution is 6.05. The molecule has 0 saturated heterocycles. The van der Waals surface area contributed by atoms with Gasteiger partial charge >= 0.3 is 0 Å². The highest BCUT2D eigenvalue weighted by Crippen LogP contribution is 2.29. The van der Waals surface area contributed by atoms with Crippen LogP contribution < -0.4 is 19.5 Å². The Hall–Kier alpha value is -4.07. The number of hydrogen-bond donors (Lipinski definition) is 1. The van der Waals surface area contributed by atoms with Gasteiger partial charge in [0, 0.05) is 23.3 Å². The van der Waals surface area contributed by atoms with Crippen molar-refractivity contribution in [3.63, 3.8) is 0 Å². The van der Waals surface area contributed by atoms with Crippen LogP contribution in [0.1, 0.15) is 28.4 Å². The van der Waals surface area contributed by atoms with Crippen LogP contribution in [0.25, 0.3) is 0 Å². The molecule has 3 rings (SSSR count). The zero-order valence-corrected chi connectivity index (χ0v) is 18.1. The van der Waals surface area contributed by atoms with E-state index in [1.54, 1.807) is 50.4 Å². The van der Waals surface area contributed by atoms with E-state index in [1.165, 1.54) is 12.1 Å². The molecule has 0 aromatic heterocycles. The van der Waals surface area contributed by atoms with Crippen molar-refractivity contribution in [1.82, 2.24) is 0 Å². The van der Waals surface area contributed by atoms with Crippen molar-refractivity contribution in [1.29, 1.82) is 0 Å². The number of nitro groups is 1. The molecule has 0 fully saturated rings. The first-order chi connectivity index (χ1) is 15.4. The molecular formula is C24H24N2O6. The molecule has 32 heavy (non-hydrogen) atoms. The van der Waals surface area contributed by atoms with E-state index in [0.717, 1.165) is 5.56 Å². The first-order valence-electron chi connectivity index (χ1n) is 10.0. The molecule has 0 aliphatic heterocycles. The number of anilines is 1. The minimum absolute atomic E-state index is 0.0940. The number of amides is 1. The number of carbonyl (C=O) groups is 1. The summed E-state index contributed by atoms with van der Waals surface area (Å²) in [5.74, 6) is 1.38. The molecule has 3 aromatic rings.